The maximum atomic E-state index is 13.7. The molecule has 2 saturated heterocycles. The second kappa shape index (κ2) is 7.99. The smallest absolute Gasteiger partial charge is 0.318 e. The lowest BCUT2D eigenvalue weighted by atomic mass is 9.68. The van der Waals surface area contributed by atoms with Crippen molar-refractivity contribution < 1.29 is 23.5 Å². The number of methoxy groups -OCH3 is 1. The molecule has 1 N–H and O–H groups in total. The van der Waals surface area contributed by atoms with Crippen LogP contribution in [0.5, 0.6) is 0 Å². The highest BCUT2D eigenvalue weighted by Crippen LogP contribution is 2.54. The van der Waals surface area contributed by atoms with Gasteiger partial charge in [-0.2, -0.15) is 0 Å². The van der Waals surface area contributed by atoms with Crippen molar-refractivity contribution in [1.82, 2.24) is 4.90 Å². The largest absolute Gasteiger partial charge is 0.468 e. The Morgan fingerprint density at radius 3 is 2.77 bits per heavy atom. The summed E-state index contributed by atoms with van der Waals surface area (Å²) in [4.78, 5) is 41.6. The number of para-hydroxylation sites is 1. The lowest BCUT2D eigenvalue weighted by Crippen LogP contribution is -2.56. The molecule has 4 heterocycles. The summed E-state index contributed by atoms with van der Waals surface area (Å²) in [6.07, 6.45) is 0.897. The van der Waals surface area contributed by atoms with E-state index >= 15 is 0 Å². The normalized spacial score (nSPS) is 27.0. The highest BCUT2D eigenvalue weighted by Gasteiger charge is 2.63. The molecule has 6 rings (SSSR count). The minimum Gasteiger partial charge on any atom is -0.468 e. The number of ether oxygens (including phenoxy) is 1. The Morgan fingerprint density at radius 1 is 1.14 bits per heavy atom. The number of nitrogens with zero attached hydrogens (tertiary/aromatic N) is 1. The van der Waals surface area contributed by atoms with Crippen LogP contribution in [0.3, 0.4) is 0 Å². The first-order valence-corrected chi connectivity index (χ1v) is 12.0. The van der Waals surface area contributed by atoms with E-state index in [4.69, 9.17) is 20.8 Å². The van der Waals surface area contributed by atoms with Crippen LogP contribution in [0.2, 0.25) is 5.02 Å². The molecule has 0 unspecified atom stereocenters. The van der Waals surface area contributed by atoms with Crippen LogP contribution in [0.1, 0.15) is 30.1 Å². The fraction of sp³-hybridized carbons (Fsp3) is 0.296. The molecule has 3 aliphatic rings. The monoisotopic (exact) mass is 490 g/mol. The van der Waals surface area contributed by atoms with Gasteiger partial charge in [0.25, 0.3) is 0 Å². The number of halogens is 1. The zero-order valence-corrected chi connectivity index (χ0v) is 19.7. The summed E-state index contributed by atoms with van der Waals surface area (Å²) < 4.78 is 11.2. The van der Waals surface area contributed by atoms with Gasteiger partial charge in [-0.1, -0.05) is 41.9 Å². The molecule has 2 fully saturated rings. The summed E-state index contributed by atoms with van der Waals surface area (Å²) in [5.74, 6) is -1.54. The number of anilines is 1. The number of benzene rings is 2. The summed E-state index contributed by atoms with van der Waals surface area (Å²) in [5.41, 5.74) is 1.62. The number of esters is 1. The molecule has 35 heavy (non-hydrogen) atoms. The van der Waals surface area contributed by atoms with E-state index in [2.05, 4.69) is 5.32 Å². The van der Waals surface area contributed by atoms with Crippen molar-refractivity contribution in [3.63, 3.8) is 0 Å². The number of furan rings is 1. The van der Waals surface area contributed by atoms with Gasteiger partial charge < -0.3 is 19.4 Å². The molecule has 0 bridgehead atoms. The van der Waals surface area contributed by atoms with Crippen molar-refractivity contribution in [2.75, 3.05) is 19.0 Å². The highest BCUT2D eigenvalue weighted by atomic mass is 35.5. The third-order valence-electron chi connectivity index (χ3n) is 7.74. The Balaban J connectivity index is 1.43. The van der Waals surface area contributed by atoms with Gasteiger partial charge in [-0.3, -0.25) is 14.4 Å². The van der Waals surface area contributed by atoms with Crippen molar-refractivity contribution in [2.24, 2.45) is 5.92 Å². The lowest BCUT2D eigenvalue weighted by Gasteiger charge is -2.42. The Morgan fingerprint density at radius 2 is 1.97 bits per heavy atom. The number of fused-ring (bicyclic) bond motifs is 4. The zero-order valence-electron chi connectivity index (χ0n) is 19.0. The third-order valence-corrected chi connectivity index (χ3v) is 7.97. The van der Waals surface area contributed by atoms with E-state index in [0.29, 0.717) is 35.9 Å². The second-order valence-corrected chi connectivity index (χ2v) is 9.76. The standard InChI is InChI=1S/C27H23ClN2O5/c1-34-25(32)23-17(21-10-9-20(35-21)15-5-4-6-16(28)13-15)14-22-27(11-12-30(22)24(23)31)18-7-2-3-8-19(18)29-26(27)33/h2-10,13,17,22-23H,11-12,14H2,1H3,(H,29,33)/t17-,22-,23-,27-/m1/s1. The van der Waals surface area contributed by atoms with Crippen LogP contribution in [0.25, 0.3) is 11.3 Å². The minimum atomic E-state index is -1.04. The quantitative estimate of drug-likeness (QED) is 0.435. The molecule has 3 aliphatic heterocycles. The van der Waals surface area contributed by atoms with E-state index in [1.165, 1.54) is 7.11 Å². The first-order valence-electron chi connectivity index (χ1n) is 11.6. The minimum absolute atomic E-state index is 0.103. The Labute approximate surface area is 207 Å². The van der Waals surface area contributed by atoms with Gasteiger partial charge in [0.2, 0.25) is 11.8 Å². The molecule has 0 radical (unpaired) electrons. The van der Waals surface area contributed by atoms with Gasteiger partial charge in [-0.05, 0) is 48.7 Å². The van der Waals surface area contributed by atoms with Gasteiger partial charge in [0.15, 0.2) is 0 Å². The van der Waals surface area contributed by atoms with Gasteiger partial charge in [0.1, 0.15) is 17.4 Å². The Kier molecular flexibility index (Phi) is 5.00. The van der Waals surface area contributed by atoms with Crippen LogP contribution in [0, 0.1) is 5.92 Å². The van der Waals surface area contributed by atoms with E-state index in [0.717, 1.165) is 16.8 Å². The van der Waals surface area contributed by atoms with E-state index in [-0.39, 0.29) is 11.8 Å². The van der Waals surface area contributed by atoms with Crippen LogP contribution in [0.4, 0.5) is 5.69 Å². The van der Waals surface area contributed by atoms with Gasteiger partial charge in [-0.15, -0.1) is 0 Å². The lowest BCUT2D eigenvalue weighted by molar-refractivity contribution is -0.159. The number of hydrogen-bond acceptors (Lipinski definition) is 5. The van der Waals surface area contributed by atoms with Crippen molar-refractivity contribution in [1.29, 1.82) is 0 Å². The summed E-state index contributed by atoms with van der Waals surface area (Å²) >= 11 is 6.15. The van der Waals surface area contributed by atoms with Crippen LogP contribution in [0.15, 0.2) is 65.1 Å². The predicted octanol–water partition coefficient (Wildman–Crippen LogP) is 4.37. The number of amides is 2. The maximum Gasteiger partial charge on any atom is 0.318 e. The first-order chi connectivity index (χ1) is 16.9. The molecule has 1 aromatic heterocycles. The molecule has 1 spiro atoms. The van der Waals surface area contributed by atoms with Gasteiger partial charge in [0, 0.05) is 28.7 Å². The van der Waals surface area contributed by atoms with Crippen molar-refractivity contribution in [3.05, 3.63) is 77.0 Å². The van der Waals surface area contributed by atoms with Gasteiger partial charge >= 0.3 is 5.97 Å². The van der Waals surface area contributed by atoms with E-state index in [1.807, 2.05) is 42.5 Å². The SMILES string of the molecule is COC(=O)[C@H]1C(=O)N2CC[C@]3(C(=O)Nc4ccccc43)[C@H]2C[C@@H]1c1ccc(-c2cccc(Cl)c2)o1. The molecule has 2 amide bonds. The summed E-state index contributed by atoms with van der Waals surface area (Å²) in [6.45, 7) is 0.400. The van der Waals surface area contributed by atoms with Gasteiger partial charge in [0.05, 0.1) is 18.6 Å². The molecular formula is C27H23ClN2O5. The van der Waals surface area contributed by atoms with E-state index < -0.39 is 29.3 Å². The fourth-order valence-electron chi connectivity index (χ4n) is 6.14. The molecule has 4 atom stereocenters. The van der Waals surface area contributed by atoms with Crippen molar-refractivity contribution in [2.45, 2.75) is 30.2 Å². The van der Waals surface area contributed by atoms with Crippen molar-refractivity contribution >= 4 is 35.1 Å². The fourth-order valence-corrected chi connectivity index (χ4v) is 6.33. The molecule has 0 saturated carbocycles. The van der Waals surface area contributed by atoms with Crippen molar-refractivity contribution in [3.8, 4) is 11.3 Å². The highest BCUT2D eigenvalue weighted by molar-refractivity contribution is 6.30. The number of carbonyl (C=O) groups is 3. The van der Waals surface area contributed by atoms with Crippen LogP contribution < -0.4 is 5.32 Å². The average molecular weight is 491 g/mol. The topological polar surface area (TPSA) is 88.9 Å². The second-order valence-electron chi connectivity index (χ2n) is 9.32. The molecule has 178 valence electrons. The van der Waals surface area contributed by atoms with E-state index in [9.17, 15) is 14.4 Å². The van der Waals surface area contributed by atoms with Gasteiger partial charge in [-0.25, -0.2) is 0 Å². The first kappa shape index (κ1) is 21.9. The number of rotatable bonds is 3. The summed E-state index contributed by atoms with van der Waals surface area (Å²) in [5, 5.41) is 3.58. The maximum absolute atomic E-state index is 13.7. The number of hydrogen-bond donors (Lipinski definition) is 1. The third kappa shape index (κ3) is 3.14. The van der Waals surface area contributed by atoms with Crippen LogP contribution >= 0.6 is 11.6 Å². The molecule has 3 aromatic rings. The summed E-state index contributed by atoms with van der Waals surface area (Å²) in [7, 11) is 1.28. The van der Waals surface area contributed by atoms with E-state index in [1.54, 1.807) is 23.1 Å². The average Bonchev–Trinajstić information content (AvgIpc) is 3.56. The number of nitrogens with one attached hydrogen (secondary N) is 1. The molecule has 0 aliphatic carbocycles. The van der Waals surface area contributed by atoms with Crippen LogP contribution in [-0.2, 0) is 24.5 Å². The Bertz CT molecular complexity index is 1370. The zero-order chi connectivity index (χ0) is 24.3. The molecule has 7 nitrogen and oxygen atoms in total. The predicted molar refractivity (Wildman–Crippen MR) is 129 cm³/mol. The number of piperidine rings is 1. The number of carbonyl (C=O) groups excluding carboxylic acids is 3. The van der Waals surface area contributed by atoms with Crippen LogP contribution in [-0.4, -0.2) is 42.4 Å². The molecule has 8 heteroatoms. The molecular weight excluding hydrogens is 468 g/mol. The molecule has 2 aromatic carbocycles. The Hall–Kier alpha value is -3.58. The summed E-state index contributed by atoms with van der Waals surface area (Å²) in [6, 6.07) is 18.1.